The molecule has 0 aromatic heterocycles. The number of para-hydroxylation sites is 1. The van der Waals surface area contributed by atoms with Gasteiger partial charge in [0.25, 0.3) is 5.91 Å². The Labute approximate surface area is 177 Å². The number of guanidine groups is 1. The fourth-order valence-electron chi connectivity index (χ4n) is 3.23. The van der Waals surface area contributed by atoms with Crippen molar-refractivity contribution in [2.24, 2.45) is 4.99 Å². The number of benzene rings is 2. The lowest BCUT2D eigenvalue weighted by molar-refractivity contribution is -0.117. The number of halogens is 1. The summed E-state index contributed by atoms with van der Waals surface area (Å²) in [5, 5.41) is 16.3. The fourth-order valence-corrected chi connectivity index (χ4v) is 4.40. The van der Waals surface area contributed by atoms with Gasteiger partial charge < -0.3 is 20.5 Å². The van der Waals surface area contributed by atoms with Crippen LogP contribution in [0.15, 0.2) is 47.5 Å². The van der Waals surface area contributed by atoms with E-state index in [0.717, 1.165) is 11.8 Å². The number of nitrogens with zero attached hydrogens (tertiary/aromatic N) is 2. The summed E-state index contributed by atoms with van der Waals surface area (Å²) in [6.45, 7) is 0.478. The summed E-state index contributed by atoms with van der Waals surface area (Å²) in [6, 6.07) is 11.7. The van der Waals surface area contributed by atoms with Gasteiger partial charge in [-0.2, -0.15) is 8.42 Å². The first-order valence-electron chi connectivity index (χ1n) is 9.40. The summed E-state index contributed by atoms with van der Waals surface area (Å²) in [4.78, 5) is 15.7. The van der Waals surface area contributed by atoms with Crippen molar-refractivity contribution in [2.45, 2.75) is 12.6 Å². The first-order chi connectivity index (χ1) is 14.8. The van der Waals surface area contributed by atoms with Crippen LogP contribution in [0.1, 0.15) is 5.56 Å². The van der Waals surface area contributed by atoms with Crippen LogP contribution in [0, 0.1) is 5.82 Å². The number of hydrogen-bond acceptors (Lipinski definition) is 8. The second-order valence-electron chi connectivity index (χ2n) is 6.96. The highest BCUT2D eigenvalue weighted by Gasteiger charge is 2.37. The molecular formula is C19H20FN5O5S. The minimum absolute atomic E-state index is 0.130. The Hall–Kier alpha value is -3.54. The van der Waals surface area contributed by atoms with Crippen LogP contribution in [0.2, 0.25) is 0 Å². The molecule has 0 bridgehead atoms. The van der Waals surface area contributed by atoms with Crippen LogP contribution >= 0.6 is 0 Å². The van der Waals surface area contributed by atoms with Gasteiger partial charge in [0.15, 0.2) is 11.8 Å². The van der Waals surface area contributed by atoms with Gasteiger partial charge in [-0.3, -0.25) is 4.79 Å². The topological polar surface area (TPSA) is 132 Å². The lowest BCUT2D eigenvalue weighted by Crippen LogP contribution is -2.47. The van der Waals surface area contributed by atoms with Crippen LogP contribution in [0.3, 0.4) is 0 Å². The van der Waals surface area contributed by atoms with Gasteiger partial charge in [-0.15, -0.1) is 0 Å². The van der Waals surface area contributed by atoms with E-state index in [0.29, 0.717) is 28.9 Å². The van der Waals surface area contributed by atoms with Crippen molar-refractivity contribution < 1.29 is 27.4 Å². The molecule has 4 N–H and O–H groups in total. The van der Waals surface area contributed by atoms with E-state index < -0.39 is 39.9 Å². The van der Waals surface area contributed by atoms with Crippen molar-refractivity contribution >= 4 is 27.8 Å². The highest BCUT2D eigenvalue weighted by atomic mass is 32.2. The molecule has 1 atom stereocenters. The molecule has 12 heteroatoms. The number of phenolic OH excluding ortho intramolecular Hbond substituents is 1. The molecule has 0 radical (unpaired) electrons. The zero-order valence-electron chi connectivity index (χ0n) is 16.2. The third-order valence-electron chi connectivity index (χ3n) is 4.63. The van der Waals surface area contributed by atoms with E-state index in [4.69, 9.17) is 4.74 Å². The number of phenols is 1. The highest BCUT2D eigenvalue weighted by molar-refractivity contribution is 7.92. The minimum Gasteiger partial charge on any atom is -0.506 e. The molecule has 31 heavy (non-hydrogen) atoms. The number of aromatic hydroxyl groups is 1. The standard InChI is InChI=1S/C19H20FN5O5S/c20-15-6-12(7-16(26)18(15)25-11-17(27)24-31(25,28)29)8-21-19-22-9-14(10-23-19)30-13-4-2-1-3-5-13/h1-7,14,26H,8-11H2,(H,24,27)(H2,21,22,23). The van der Waals surface area contributed by atoms with E-state index in [1.54, 1.807) is 4.72 Å². The number of hydrogen-bond donors (Lipinski definition) is 4. The number of anilines is 1. The number of ether oxygens (including phenoxy) is 1. The Morgan fingerprint density at radius 1 is 1.29 bits per heavy atom. The molecule has 4 rings (SSSR count). The second-order valence-corrected chi connectivity index (χ2v) is 8.55. The quantitative estimate of drug-likeness (QED) is 0.513. The van der Waals surface area contributed by atoms with Gasteiger partial charge in [0.05, 0.1) is 13.1 Å². The summed E-state index contributed by atoms with van der Waals surface area (Å²) in [6.07, 6.45) is -0.132. The average molecular weight is 449 g/mol. The van der Waals surface area contributed by atoms with E-state index in [1.807, 2.05) is 30.3 Å². The van der Waals surface area contributed by atoms with Crippen LogP contribution in [0.4, 0.5) is 10.1 Å². The number of amides is 1. The Morgan fingerprint density at radius 2 is 2.06 bits per heavy atom. The Balaban J connectivity index is 1.38. The SMILES string of the molecule is O=C1CN(c2c(O)cc(CNC3=NCC(Oc4ccccc4)CN3)cc2F)S(=O)(=O)N1. The maximum absolute atomic E-state index is 14.6. The van der Waals surface area contributed by atoms with Crippen molar-refractivity contribution in [1.29, 1.82) is 0 Å². The molecule has 10 nitrogen and oxygen atoms in total. The van der Waals surface area contributed by atoms with Crippen molar-refractivity contribution in [2.75, 3.05) is 23.9 Å². The summed E-state index contributed by atoms with van der Waals surface area (Å²) in [5.74, 6) is -1.11. The van der Waals surface area contributed by atoms with Crippen molar-refractivity contribution in [1.82, 2.24) is 15.4 Å². The monoisotopic (exact) mass is 449 g/mol. The Kier molecular flexibility index (Phi) is 5.55. The molecule has 1 fully saturated rings. The van der Waals surface area contributed by atoms with Gasteiger partial charge in [0, 0.05) is 6.54 Å². The van der Waals surface area contributed by atoms with Crippen LogP contribution in [-0.4, -0.2) is 51.1 Å². The minimum atomic E-state index is -4.23. The zero-order chi connectivity index (χ0) is 22.0. The molecule has 164 valence electrons. The third-order valence-corrected chi connectivity index (χ3v) is 6.01. The Bertz CT molecular complexity index is 1100. The van der Waals surface area contributed by atoms with E-state index in [-0.39, 0.29) is 12.6 Å². The molecule has 2 aromatic rings. The number of aliphatic imine (C=N–C) groups is 1. The molecular weight excluding hydrogens is 429 g/mol. The number of carbonyl (C=O) groups is 1. The van der Waals surface area contributed by atoms with Crippen LogP contribution in [0.25, 0.3) is 0 Å². The summed E-state index contributed by atoms with van der Waals surface area (Å²) in [5.41, 5.74) is -0.210. The molecule has 2 aliphatic rings. The molecule has 2 heterocycles. The van der Waals surface area contributed by atoms with Crippen LogP contribution < -0.4 is 24.4 Å². The van der Waals surface area contributed by atoms with Crippen LogP contribution in [0.5, 0.6) is 11.5 Å². The predicted molar refractivity (Wildman–Crippen MR) is 110 cm³/mol. The fraction of sp³-hybridized carbons (Fsp3) is 0.263. The maximum Gasteiger partial charge on any atom is 0.326 e. The predicted octanol–water partition coefficient (Wildman–Crippen LogP) is 0.209. The average Bonchev–Trinajstić information content (AvgIpc) is 2.99. The zero-order valence-corrected chi connectivity index (χ0v) is 17.0. The summed E-state index contributed by atoms with van der Waals surface area (Å²) >= 11 is 0. The number of nitrogens with one attached hydrogen (secondary N) is 3. The molecule has 2 aliphatic heterocycles. The third kappa shape index (κ3) is 4.63. The molecule has 0 aliphatic carbocycles. The normalized spacial score (nSPS) is 19.9. The molecule has 2 aromatic carbocycles. The van der Waals surface area contributed by atoms with Gasteiger partial charge in [-0.25, -0.2) is 18.4 Å². The Morgan fingerprint density at radius 3 is 2.68 bits per heavy atom. The maximum atomic E-state index is 14.6. The number of carbonyl (C=O) groups excluding carboxylic acids is 1. The second kappa shape index (κ2) is 8.30. The van der Waals surface area contributed by atoms with Gasteiger partial charge in [-0.05, 0) is 29.8 Å². The van der Waals surface area contributed by atoms with E-state index in [9.17, 15) is 22.7 Å². The van der Waals surface area contributed by atoms with E-state index in [1.165, 1.54) is 6.07 Å². The number of rotatable bonds is 5. The summed E-state index contributed by atoms with van der Waals surface area (Å²) in [7, 11) is -4.23. The molecule has 1 unspecified atom stereocenters. The molecule has 0 saturated carbocycles. The van der Waals surface area contributed by atoms with Crippen molar-refractivity contribution in [3.05, 3.63) is 53.8 Å². The van der Waals surface area contributed by atoms with Gasteiger partial charge in [-0.1, -0.05) is 18.2 Å². The molecule has 1 amide bonds. The largest absolute Gasteiger partial charge is 0.506 e. The van der Waals surface area contributed by atoms with Gasteiger partial charge in [0.1, 0.15) is 29.8 Å². The van der Waals surface area contributed by atoms with Gasteiger partial charge in [0.2, 0.25) is 0 Å². The summed E-state index contributed by atoms with van der Waals surface area (Å²) < 4.78 is 46.4. The van der Waals surface area contributed by atoms with Crippen LogP contribution in [-0.2, 0) is 21.5 Å². The molecule has 0 spiro atoms. The van der Waals surface area contributed by atoms with E-state index >= 15 is 0 Å². The highest BCUT2D eigenvalue weighted by Crippen LogP contribution is 2.34. The van der Waals surface area contributed by atoms with Crippen molar-refractivity contribution in [3.63, 3.8) is 0 Å². The first-order valence-corrected chi connectivity index (χ1v) is 10.8. The van der Waals surface area contributed by atoms with Gasteiger partial charge >= 0.3 is 10.2 Å². The lowest BCUT2D eigenvalue weighted by atomic mass is 10.1. The molecule has 1 saturated heterocycles. The smallest absolute Gasteiger partial charge is 0.326 e. The van der Waals surface area contributed by atoms with E-state index in [2.05, 4.69) is 15.6 Å². The first kappa shape index (κ1) is 20.7. The van der Waals surface area contributed by atoms with Crippen molar-refractivity contribution in [3.8, 4) is 11.5 Å². The lowest BCUT2D eigenvalue weighted by Gasteiger charge is -2.24.